The first kappa shape index (κ1) is 19.9. The molecule has 0 radical (unpaired) electrons. The SMILES string of the molecule is CC(C)(C)OC(=O)N1CCN2C(NCc3nc(C(C)(C)C)cs3)=NCC2C1. The molecule has 1 N–H and O–H groups in total. The van der Waals surface area contributed by atoms with Crippen LogP contribution in [0.3, 0.4) is 0 Å². The molecular weight excluding hydrogens is 362 g/mol. The van der Waals surface area contributed by atoms with Gasteiger partial charge < -0.3 is 19.9 Å². The maximum Gasteiger partial charge on any atom is 0.410 e. The van der Waals surface area contributed by atoms with E-state index in [-0.39, 0.29) is 17.6 Å². The number of ether oxygens (including phenoxy) is 1. The highest BCUT2D eigenvalue weighted by atomic mass is 32.1. The number of aromatic nitrogens is 1. The van der Waals surface area contributed by atoms with Crippen molar-refractivity contribution in [2.45, 2.75) is 65.1 Å². The fourth-order valence-electron chi connectivity index (χ4n) is 3.11. The number of guanidine groups is 1. The number of nitrogens with zero attached hydrogens (tertiary/aromatic N) is 4. The van der Waals surface area contributed by atoms with Crippen molar-refractivity contribution in [3.8, 4) is 0 Å². The lowest BCUT2D eigenvalue weighted by Crippen LogP contribution is -2.57. The Morgan fingerprint density at radius 1 is 1.30 bits per heavy atom. The Morgan fingerprint density at radius 3 is 2.67 bits per heavy atom. The first-order valence-electron chi connectivity index (χ1n) is 9.51. The molecule has 150 valence electrons. The van der Waals surface area contributed by atoms with Gasteiger partial charge in [-0.1, -0.05) is 20.8 Å². The lowest BCUT2D eigenvalue weighted by Gasteiger charge is -2.39. The van der Waals surface area contributed by atoms with Gasteiger partial charge in [0, 0.05) is 30.4 Å². The van der Waals surface area contributed by atoms with E-state index >= 15 is 0 Å². The summed E-state index contributed by atoms with van der Waals surface area (Å²) >= 11 is 1.68. The summed E-state index contributed by atoms with van der Waals surface area (Å²) in [5, 5.41) is 6.64. The molecule has 7 nitrogen and oxygen atoms in total. The molecule has 1 atom stereocenters. The van der Waals surface area contributed by atoms with Gasteiger partial charge in [0.15, 0.2) is 5.96 Å². The number of nitrogens with one attached hydrogen (secondary N) is 1. The zero-order chi connectivity index (χ0) is 19.8. The monoisotopic (exact) mass is 393 g/mol. The number of amides is 1. The second-order valence-electron chi connectivity index (χ2n) is 9.17. The Kier molecular flexibility index (Phi) is 5.38. The Balaban J connectivity index is 1.52. The van der Waals surface area contributed by atoms with Gasteiger partial charge in [0.2, 0.25) is 0 Å². The molecule has 3 rings (SSSR count). The van der Waals surface area contributed by atoms with Crippen molar-refractivity contribution in [3.63, 3.8) is 0 Å². The van der Waals surface area contributed by atoms with Crippen LogP contribution in [0.1, 0.15) is 52.2 Å². The normalized spacial score (nSPS) is 20.4. The lowest BCUT2D eigenvalue weighted by molar-refractivity contribution is 0.0137. The van der Waals surface area contributed by atoms with Crippen molar-refractivity contribution in [3.05, 3.63) is 16.1 Å². The lowest BCUT2D eigenvalue weighted by atomic mass is 9.93. The number of rotatable bonds is 2. The van der Waals surface area contributed by atoms with E-state index in [9.17, 15) is 4.79 Å². The number of carbonyl (C=O) groups excluding carboxylic acids is 1. The number of hydrogen-bond donors (Lipinski definition) is 1. The number of aliphatic imine (C=N–C) groups is 1. The molecule has 1 aromatic heterocycles. The third-order valence-electron chi connectivity index (χ3n) is 4.58. The summed E-state index contributed by atoms with van der Waals surface area (Å²) in [6.45, 7) is 15.7. The molecule has 1 amide bonds. The number of piperazine rings is 1. The van der Waals surface area contributed by atoms with E-state index in [1.54, 1.807) is 16.2 Å². The number of hydrogen-bond acceptors (Lipinski definition) is 7. The molecule has 2 aliphatic heterocycles. The van der Waals surface area contributed by atoms with Crippen molar-refractivity contribution >= 4 is 23.4 Å². The van der Waals surface area contributed by atoms with Crippen molar-refractivity contribution < 1.29 is 9.53 Å². The highest BCUT2D eigenvalue weighted by Gasteiger charge is 2.36. The van der Waals surface area contributed by atoms with Crippen LogP contribution in [0.25, 0.3) is 0 Å². The topological polar surface area (TPSA) is 70.1 Å². The molecule has 0 aliphatic carbocycles. The van der Waals surface area contributed by atoms with Gasteiger partial charge in [-0.3, -0.25) is 4.99 Å². The summed E-state index contributed by atoms with van der Waals surface area (Å²) < 4.78 is 5.50. The van der Waals surface area contributed by atoms with E-state index in [2.05, 4.69) is 41.4 Å². The molecular formula is C19H31N5O2S. The van der Waals surface area contributed by atoms with E-state index in [0.29, 0.717) is 26.2 Å². The Labute approximate surface area is 165 Å². The Bertz CT molecular complexity index is 716. The molecule has 1 saturated heterocycles. The zero-order valence-electron chi connectivity index (χ0n) is 17.2. The van der Waals surface area contributed by atoms with Gasteiger partial charge in [-0.15, -0.1) is 11.3 Å². The van der Waals surface area contributed by atoms with E-state index < -0.39 is 5.60 Å². The molecule has 0 spiro atoms. The van der Waals surface area contributed by atoms with Gasteiger partial charge in [-0.25, -0.2) is 9.78 Å². The molecule has 0 bridgehead atoms. The minimum Gasteiger partial charge on any atom is -0.444 e. The summed E-state index contributed by atoms with van der Waals surface area (Å²) in [7, 11) is 0. The average Bonchev–Trinajstić information content (AvgIpc) is 3.17. The highest BCUT2D eigenvalue weighted by Crippen LogP contribution is 2.24. The predicted octanol–water partition coefficient (Wildman–Crippen LogP) is 2.82. The molecule has 8 heteroatoms. The molecule has 1 unspecified atom stereocenters. The number of carbonyl (C=O) groups is 1. The predicted molar refractivity (Wildman–Crippen MR) is 108 cm³/mol. The van der Waals surface area contributed by atoms with Crippen LogP contribution < -0.4 is 5.32 Å². The van der Waals surface area contributed by atoms with Gasteiger partial charge in [-0.2, -0.15) is 0 Å². The van der Waals surface area contributed by atoms with Crippen LogP contribution in [-0.2, 0) is 16.7 Å². The molecule has 3 heterocycles. The Morgan fingerprint density at radius 2 is 2.04 bits per heavy atom. The highest BCUT2D eigenvalue weighted by molar-refractivity contribution is 7.09. The van der Waals surface area contributed by atoms with Crippen LogP contribution in [0.2, 0.25) is 0 Å². The van der Waals surface area contributed by atoms with Crippen LogP contribution >= 0.6 is 11.3 Å². The third kappa shape index (κ3) is 4.91. The summed E-state index contributed by atoms with van der Waals surface area (Å²) in [4.78, 5) is 25.7. The van der Waals surface area contributed by atoms with Crippen molar-refractivity contribution in [1.29, 1.82) is 0 Å². The van der Waals surface area contributed by atoms with Crippen LogP contribution in [0, 0.1) is 0 Å². The molecule has 1 fully saturated rings. The van der Waals surface area contributed by atoms with Crippen molar-refractivity contribution in [2.75, 3.05) is 26.2 Å². The van der Waals surface area contributed by atoms with Gasteiger partial charge in [0.05, 0.1) is 24.8 Å². The average molecular weight is 394 g/mol. The second kappa shape index (κ2) is 7.30. The van der Waals surface area contributed by atoms with Crippen LogP contribution in [-0.4, -0.2) is 64.7 Å². The summed E-state index contributed by atoms with van der Waals surface area (Å²) in [6.07, 6.45) is -0.235. The maximum absolute atomic E-state index is 12.3. The van der Waals surface area contributed by atoms with Crippen LogP contribution in [0.5, 0.6) is 0 Å². The van der Waals surface area contributed by atoms with E-state index in [4.69, 9.17) is 9.72 Å². The largest absolute Gasteiger partial charge is 0.444 e. The number of thiazole rings is 1. The standard InChI is InChI=1S/C19H31N5O2S/c1-18(2,3)14-12-27-15(22-14)10-21-16-20-9-13-11-23(7-8-24(13)16)17(25)26-19(4,5)6/h12-13H,7-11H2,1-6H3,(H,20,21). The van der Waals surface area contributed by atoms with Gasteiger partial charge >= 0.3 is 6.09 Å². The first-order chi connectivity index (χ1) is 12.5. The maximum atomic E-state index is 12.3. The zero-order valence-corrected chi connectivity index (χ0v) is 18.0. The fraction of sp³-hybridized carbons (Fsp3) is 0.737. The molecule has 0 aromatic carbocycles. The summed E-state index contributed by atoms with van der Waals surface area (Å²) in [5.74, 6) is 0.913. The quantitative estimate of drug-likeness (QED) is 0.837. The molecule has 0 saturated carbocycles. The van der Waals surface area contributed by atoms with Crippen LogP contribution in [0.15, 0.2) is 10.4 Å². The fourth-order valence-corrected chi connectivity index (χ4v) is 4.07. The van der Waals surface area contributed by atoms with E-state index in [1.165, 1.54) is 0 Å². The molecule has 1 aromatic rings. The van der Waals surface area contributed by atoms with Gasteiger partial charge in [-0.05, 0) is 20.8 Å². The van der Waals surface area contributed by atoms with E-state index in [0.717, 1.165) is 23.2 Å². The Hall–Kier alpha value is -1.83. The second-order valence-corrected chi connectivity index (χ2v) is 10.1. The van der Waals surface area contributed by atoms with Crippen LogP contribution in [0.4, 0.5) is 4.79 Å². The van der Waals surface area contributed by atoms with Gasteiger partial charge in [0.25, 0.3) is 0 Å². The van der Waals surface area contributed by atoms with Crippen molar-refractivity contribution in [2.24, 2.45) is 4.99 Å². The minimum atomic E-state index is -0.466. The van der Waals surface area contributed by atoms with E-state index in [1.807, 2.05) is 20.8 Å². The van der Waals surface area contributed by atoms with Gasteiger partial charge in [0.1, 0.15) is 10.6 Å². The molecule has 2 aliphatic rings. The van der Waals surface area contributed by atoms with Crippen molar-refractivity contribution in [1.82, 2.24) is 20.1 Å². The first-order valence-corrected chi connectivity index (χ1v) is 10.4. The smallest absolute Gasteiger partial charge is 0.410 e. The summed E-state index contributed by atoms with van der Waals surface area (Å²) in [6, 6.07) is 0.218. The molecule has 27 heavy (non-hydrogen) atoms. The minimum absolute atomic E-state index is 0.0721. The third-order valence-corrected chi connectivity index (χ3v) is 5.42. The summed E-state index contributed by atoms with van der Waals surface area (Å²) in [5.41, 5.74) is 0.733. The number of fused-ring (bicyclic) bond motifs is 1.